The summed E-state index contributed by atoms with van der Waals surface area (Å²) in [4.78, 5) is 33.2. The maximum absolute atomic E-state index is 11.9. The number of hydrogen-bond donors (Lipinski definition) is 0. The summed E-state index contributed by atoms with van der Waals surface area (Å²) in [7, 11) is 1.57. The van der Waals surface area contributed by atoms with Gasteiger partial charge in [0, 0.05) is 39.1 Å². The van der Waals surface area contributed by atoms with Gasteiger partial charge in [-0.1, -0.05) is 0 Å². The van der Waals surface area contributed by atoms with Crippen LogP contribution in [0, 0.1) is 5.41 Å². The summed E-state index contributed by atoms with van der Waals surface area (Å²) in [6.45, 7) is 7.55. The van der Waals surface area contributed by atoms with Gasteiger partial charge in [0.25, 0.3) is 0 Å². The van der Waals surface area contributed by atoms with Crippen LogP contribution in [-0.2, 0) is 14.4 Å². The number of ether oxygens (including phenoxy) is 1. The lowest BCUT2D eigenvalue weighted by atomic mass is 9.64. The molecule has 25 heavy (non-hydrogen) atoms. The van der Waals surface area contributed by atoms with E-state index in [1.54, 1.807) is 14.0 Å². The van der Waals surface area contributed by atoms with Crippen LogP contribution in [0.25, 0.3) is 0 Å². The molecule has 2 saturated heterocycles. The van der Waals surface area contributed by atoms with E-state index in [1.807, 2.05) is 11.8 Å². The summed E-state index contributed by atoms with van der Waals surface area (Å²) in [6.07, 6.45) is 5.22. The van der Waals surface area contributed by atoms with E-state index in [0.717, 1.165) is 45.4 Å². The van der Waals surface area contributed by atoms with Gasteiger partial charge in [0.05, 0.1) is 19.8 Å². The van der Waals surface area contributed by atoms with Gasteiger partial charge in [-0.3, -0.25) is 9.63 Å². The second-order valence-electron chi connectivity index (χ2n) is 7.73. The molecule has 0 aromatic heterocycles. The predicted octanol–water partition coefficient (Wildman–Crippen LogP) is 1.87. The van der Waals surface area contributed by atoms with Crippen molar-refractivity contribution < 1.29 is 19.2 Å². The van der Waals surface area contributed by atoms with Gasteiger partial charge in [-0.15, -0.1) is 0 Å². The fourth-order valence-electron chi connectivity index (χ4n) is 4.86. The third kappa shape index (κ3) is 3.77. The van der Waals surface area contributed by atoms with Crippen molar-refractivity contribution in [3.8, 4) is 0 Å². The third-order valence-electron chi connectivity index (χ3n) is 6.16. The minimum atomic E-state index is -0.160. The number of piperidine rings is 1. The fourth-order valence-corrected chi connectivity index (χ4v) is 4.86. The van der Waals surface area contributed by atoms with Gasteiger partial charge in [-0.05, 0) is 44.4 Å². The van der Waals surface area contributed by atoms with Crippen molar-refractivity contribution in [2.24, 2.45) is 5.41 Å². The van der Waals surface area contributed by atoms with Crippen LogP contribution >= 0.6 is 0 Å². The summed E-state index contributed by atoms with van der Waals surface area (Å²) in [5, 5.41) is 1.52. The molecule has 0 N–H and O–H groups in total. The normalized spacial score (nSPS) is 30.4. The van der Waals surface area contributed by atoms with Gasteiger partial charge >= 0.3 is 6.09 Å². The maximum Gasteiger partial charge on any atom is 0.409 e. The summed E-state index contributed by atoms with van der Waals surface area (Å²) in [5.74, 6) is -0.0199. The van der Waals surface area contributed by atoms with Gasteiger partial charge in [0.2, 0.25) is 5.91 Å². The molecule has 0 aromatic carbocycles. The average Bonchev–Trinajstić information content (AvgIpc) is 3.01. The zero-order chi connectivity index (χ0) is 18.0. The Labute approximate surface area is 150 Å². The molecule has 2 amide bonds. The molecule has 1 saturated carbocycles. The smallest absolute Gasteiger partial charge is 0.409 e. The van der Waals surface area contributed by atoms with Crippen molar-refractivity contribution >= 4 is 12.0 Å². The maximum atomic E-state index is 11.9. The minimum absolute atomic E-state index is 0.0199. The van der Waals surface area contributed by atoms with Crippen molar-refractivity contribution in [2.45, 2.75) is 58.0 Å². The van der Waals surface area contributed by atoms with Gasteiger partial charge in [-0.25, -0.2) is 9.86 Å². The van der Waals surface area contributed by atoms with Crippen LogP contribution < -0.4 is 0 Å². The largest absolute Gasteiger partial charge is 0.450 e. The number of nitrogens with zero attached hydrogens (tertiary/aromatic N) is 3. The zero-order valence-corrected chi connectivity index (χ0v) is 15.7. The fraction of sp³-hybridized carbons (Fsp3) is 0.889. The monoisotopic (exact) mass is 353 g/mol. The predicted molar refractivity (Wildman–Crippen MR) is 92.8 cm³/mol. The molecule has 2 aliphatic heterocycles. The van der Waals surface area contributed by atoms with E-state index in [4.69, 9.17) is 9.57 Å². The Morgan fingerprint density at radius 2 is 1.88 bits per heavy atom. The lowest BCUT2D eigenvalue weighted by molar-refractivity contribution is -0.191. The first kappa shape index (κ1) is 18.5. The van der Waals surface area contributed by atoms with E-state index in [0.29, 0.717) is 18.1 Å². The lowest BCUT2D eigenvalue weighted by Crippen LogP contribution is -2.56. The van der Waals surface area contributed by atoms with Crippen molar-refractivity contribution in [3.63, 3.8) is 0 Å². The van der Waals surface area contributed by atoms with Crippen LogP contribution in [0.1, 0.15) is 46.0 Å². The SMILES string of the molecule is CCOC(=O)N1CCC2(CC(N3CCC(N(OC)C(C)=O)CC3)C2)C1. The van der Waals surface area contributed by atoms with Crippen LogP contribution in [-0.4, -0.2) is 78.8 Å². The second-order valence-corrected chi connectivity index (χ2v) is 7.73. The Hall–Kier alpha value is -1.34. The molecule has 2 heterocycles. The van der Waals surface area contributed by atoms with E-state index in [1.165, 1.54) is 17.9 Å². The highest BCUT2D eigenvalue weighted by Gasteiger charge is 2.51. The molecule has 3 fully saturated rings. The molecule has 3 rings (SSSR count). The van der Waals surface area contributed by atoms with E-state index in [9.17, 15) is 9.59 Å². The quantitative estimate of drug-likeness (QED) is 0.722. The van der Waals surface area contributed by atoms with Gasteiger partial charge in [0.15, 0.2) is 0 Å². The highest BCUT2D eigenvalue weighted by molar-refractivity contribution is 5.72. The number of amides is 2. The number of rotatable bonds is 4. The third-order valence-corrected chi connectivity index (χ3v) is 6.16. The van der Waals surface area contributed by atoms with E-state index in [2.05, 4.69) is 4.90 Å². The van der Waals surface area contributed by atoms with E-state index < -0.39 is 0 Å². The Morgan fingerprint density at radius 3 is 2.44 bits per heavy atom. The molecule has 1 aliphatic carbocycles. The summed E-state index contributed by atoms with van der Waals surface area (Å²) in [6, 6.07) is 0.815. The number of likely N-dealkylation sites (tertiary alicyclic amines) is 2. The molecule has 0 radical (unpaired) electrons. The average molecular weight is 353 g/mol. The van der Waals surface area contributed by atoms with Crippen molar-refractivity contribution in [2.75, 3.05) is 39.9 Å². The topological polar surface area (TPSA) is 62.3 Å². The van der Waals surface area contributed by atoms with E-state index >= 15 is 0 Å². The number of carbonyl (C=O) groups excluding carboxylic acids is 2. The molecular formula is C18H31N3O4. The molecule has 0 bridgehead atoms. The molecule has 1 spiro atoms. The molecule has 7 nitrogen and oxygen atoms in total. The van der Waals surface area contributed by atoms with E-state index in [-0.39, 0.29) is 18.0 Å². The van der Waals surface area contributed by atoms with Crippen molar-refractivity contribution in [1.29, 1.82) is 0 Å². The van der Waals surface area contributed by atoms with Gasteiger partial charge in [0.1, 0.15) is 0 Å². The Kier molecular flexibility index (Phi) is 5.53. The molecule has 142 valence electrons. The Balaban J connectivity index is 1.44. The van der Waals surface area contributed by atoms with Crippen molar-refractivity contribution in [1.82, 2.24) is 14.9 Å². The Bertz CT molecular complexity index is 499. The van der Waals surface area contributed by atoms with Gasteiger partial charge in [-0.2, -0.15) is 0 Å². The first-order valence-corrected chi connectivity index (χ1v) is 9.47. The molecule has 7 heteroatoms. The zero-order valence-electron chi connectivity index (χ0n) is 15.7. The molecule has 0 atom stereocenters. The first-order valence-electron chi connectivity index (χ1n) is 9.47. The highest BCUT2D eigenvalue weighted by atomic mass is 16.7. The van der Waals surface area contributed by atoms with Crippen LogP contribution in [0.5, 0.6) is 0 Å². The van der Waals surface area contributed by atoms with Crippen LogP contribution in [0.3, 0.4) is 0 Å². The molecule has 0 unspecified atom stereocenters. The molecule has 0 aromatic rings. The molecule has 3 aliphatic rings. The summed E-state index contributed by atoms with van der Waals surface area (Å²) >= 11 is 0. The molecular weight excluding hydrogens is 322 g/mol. The summed E-state index contributed by atoms with van der Waals surface area (Å²) < 4.78 is 5.13. The lowest BCUT2D eigenvalue weighted by Gasteiger charge is -2.52. The van der Waals surface area contributed by atoms with Crippen LogP contribution in [0.4, 0.5) is 4.79 Å². The highest BCUT2D eigenvalue weighted by Crippen LogP contribution is 2.50. The van der Waals surface area contributed by atoms with Crippen LogP contribution in [0.2, 0.25) is 0 Å². The number of hydrogen-bond acceptors (Lipinski definition) is 5. The first-order chi connectivity index (χ1) is 12.0. The van der Waals surface area contributed by atoms with Gasteiger partial charge < -0.3 is 14.5 Å². The summed E-state index contributed by atoms with van der Waals surface area (Å²) in [5.41, 5.74) is 0.312. The second kappa shape index (κ2) is 7.50. The number of hydroxylamine groups is 2. The van der Waals surface area contributed by atoms with Crippen LogP contribution in [0.15, 0.2) is 0 Å². The standard InChI is InChI=1S/C18H31N3O4/c1-4-25-17(23)20-10-7-18(13-20)11-16(12-18)19-8-5-15(6-9-19)21(24-3)14(2)22/h15-16H,4-13H2,1-3H3. The minimum Gasteiger partial charge on any atom is -0.450 e. The van der Waals surface area contributed by atoms with Crippen molar-refractivity contribution in [3.05, 3.63) is 0 Å². The Morgan fingerprint density at radius 1 is 1.20 bits per heavy atom. The number of carbonyl (C=O) groups is 2.